The van der Waals surface area contributed by atoms with E-state index in [1.165, 1.54) is 6.08 Å². The van der Waals surface area contributed by atoms with Gasteiger partial charge in [0.2, 0.25) is 0 Å². The number of nitrogens with zero attached hydrogens (tertiary/aromatic N) is 2. The minimum Gasteiger partial charge on any atom is -0.268 e. The Morgan fingerprint density at radius 1 is 0.667 bits per heavy atom. The van der Waals surface area contributed by atoms with Crippen molar-refractivity contribution in [1.82, 2.24) is 0 Å². The van der Waals surface area contributed by atoms with Gasteiger partial charge in [-0.1, -0.05) is 48.5 Å². The van der Waals surface area contributed by atoms with Gasteiger partial charge in [-0.25, -0.2) is 14.6 Å². The van der Waals surface area contributed by atoms with Crippen LogP contribution in [0.15, 0.2) is 95.4 Å². The normalized spacial score (nSPS) is 14.3. The topological polar surface area (TPSA) is 57.7 Å². The molecular weight excluding hydrogens is 396 g/mol. The van der Waals surface area contributed by atoms with E-state index in [0.717, 1.165) is 14.7 Å². The standard InChI is InChI=1S/C24H18N2O3S/c1-30-20-14-12-17(13-15-20)16-21-22(27)25(18-8-4-2-5-9-18)24(29)26(23(21)28)19-10-6-3-7-11-19/h2-16H,1H3. The number of anilines is 2. The van der Waals surface area contributed by atoms with E-state index in [0.29, 0.717) is 16.9 Å². The summed E-state index contributed by atoms with van der Waals surface area (Å²) in [5.74, 6) is -1.28. The van der Waals surface area contributed by atoms with Gasteiger partial charge in [0, 0.05) is 4.90 Å². The van der Waals surface area contributed by atoms with Gasteiger partial charge in [-0.15, -0.1) is 11.8 Å². The minimum atomic E-state index is -0.697. The van der Waals surface area contributed by atoms with Crippen molar-refractivity contribution < 1.29 is 14.4 Å². The zero-order valence-corrected chi connectivity index (χ0v) is 17.0. The zero-order valence-electron chi connectivity index (χ0n) is 16.2. The molecule has 0 saturated carbocycles. The molecule has 1 aliphatic rings. The lowest BCUT2D eigenvalue weighted by Gasteiger charge is -2.33. The van der Waals surface area contributed by atoms with E-state index in [1.54, 1.807) is 72.4 Å². The van der Waals surface area contributed by atoms with E-state index in [-0.39, 0.29) is 5.57 Å². The van der Waals surface area contributed by atoms with Gasteiger partial charge >= 0.3 is 6.03 Å². The van der Waals surface area contributed by atoms with Gasteiger partial charge in [0.25, 0.3) is 11.8 Å². The number of urea groups is 1. The molecule has 0 atom stereocenters. The second-order valence-corrected chi connectivity index (χ2v) is 7.45. The van der Waals surface area contributed by atoms with Crippen molar-refractivity contribution >= 4 is 47.1 Å². The van der Waals surface area contributed by atoms with Crippen molar-refractivity contribution in [2.75, 3.05) is 16.1 Å². The molecule has 1 saturated heterocycles. The first-order valence-electron chi connectivity index (χ1n) is 9.29. The number of benzene rings is 3. The highest BCUT2D eigenvalue weighted by Gasteiger charge is 2.43. The summed E-state index contributed by atoms with van der Waals surface area (Å²) < 4.78 is 0. The Labute approximate surface area is 178 Å². The molecule has 148 valence electrons. The summed E-state index contributed by atoms with van der Waals surface area (Å²) in [6.45, 7) is 0. The van der Waals surface area contributed by atoms with Gasteiger partial charge in [0.15, 0.2) is 0 Å². The summed E-state index contributed by atoms with van der Waals surface area (Å²) in [5, 5.41) is 0. The highest BCUT2D eigenvalue weighted by Crippen LogP contribution is 2.29. The Hall–Kier alpha value is -3.64. The maximum Gasteiger partial charge on any atom is 0.343 e. The highest BCUT2D eigenvalue weighted by molar-refractivity contribution is 7.98. The first-order chi connectivity index (χ1) is 14.6. The quantitative estimate of drug-likeness (QED) is 0.343. The second-order valence-electron chi connectivity index (χ2n) is 6.57. The number of barbiturate groups is 1. The largest absolute Gasteiger partial charge is 0.343 e. The number of hydrogen-bond donors (Lipinski definition) is 0. The van der Waals surface area contributed by atoms with Crippen LogP contribution in [0, 0.1) is 0 Å². The average Bonchev–Trinajstić information content (AvgIpc) is 2.79. The number of imide groups is 2. The SMILES string of the molecule is CSc1ccc(C=C2C(=O)N(c3ccccc3)C(=O)N(c3ccccc3)C2=O)cc1. The first kappa shape index (κ1) is 19.7. The molecule has 1 fully saturated rings. The molecule has 5 nitrogen and oxygen atoms in total. The van der Waals surface area contributed by atoms with Crippen molar-refractivity contribution in [3.05, 3.63) is 96.1 Å². The van der Waals surface area contributed by atoms with Crippen molar-refractivity contribution in [1.29, 1.82) is 0 Å². The van der Waals surface area contributed by atoms with E-state index in [4.69, 9.17) is 0 Å². The predicted molar refractivity (Wildman–Crippen MR) is 119 cm³/mol. The summed E-state index contributed by atoms with van der Waals surface area (Å²) in [7, 11) is 0. The van der Waals surface area contributed by atoms with Gasteiger partial charge < -0.3 is 0 Å². The zero-order chi connectivity index (χ0) is 21.1. The lowest BCUT2D eigenvalue weighted by molar-refractivity contribution is -0.121. The molecule has 1 heterocycles. The Bertz CT molecular complexity index is 1060. The maximum atomic E-state index is 13.2. The van der Waals surface area contributed by atoms with Crippen molar-refractivity contribution in [3.8, 4) is 0 Å². The lowest BCUT2D eigenvalue weighted by Crippen LogP contribution is -2.57. The number of thioether (sulfide) groups is 1. The van der Waals surface area contributed by atoms with Crippen LogP contribution in [0.2, 0.25) is 0 Å². The van der Waals surface area contributed by atoms with Crippen LogP contribution in [0.1, 0.15) is 5.56 Å². The van der Waals surface area contributed by atoms with E-state index >= 15 is 0 Å². The first-order valence-corrected chi connectivity index (χ1v) is 10.5. The number of carbonyl (C=O) groups is 3. The smallest absolute Gasteiger partial charge is 0.268 e. The van der Waals surface area contributed by atoms with Crippen LogP contribution in [-0.4, -0.2) is 24.1 Å². The molecule has 6 heteroatoms. The molecule has 4 rings (SSSR count). The van der Waals surface area contributed by atoms with Crippen LogP contribution < -0.4 is 9.80 Å². The number of rotatable bonds is 4. The summed E-state index contributed by atoms with van der Waals surface area (Å²) in [4.78, 5) is 42.8. The number of hydrogen-bond acceptors (Lipinski definition) is 4. The minimum absolute atomic E-state index is 0.0702. The third-order valence-corrected chi connectivity index (χ3v) is 5.45. The number of para-hydroxylation sites is 2. The van der Waals surface area contributed by atoms with Crippen molar-refractivity contribution in [2.45, 2.75) is 4.90 Å². The van der Waals surface area contributed by atoms with Crippen molar-refractivity contribution in [3.63, 3.8) is 0 Å². The fourth-order valence-corrected chi connectivity index (χ4v) is 3.61. The molecule has 0 bridgehead atoms. The van der Waals surface area contributed by atoms with Gasteiger partial charge in [-0.3, -0.25) is 9.59 Å². The lowest BCUT2D eigenvalue weighted by atomic mass is 10.0. The molecule has 4 amide bonds. The van der Waals surface area contributed by atoms with E-state index in [9.17, 15) is 14.4 Å². The van der Waals surface area contributed by atoms with Crippen molar-refractivity contribution in [2.24, 2.45) is 0 Å². The monoisotopic (exact) mass is 414 g/mol. The summed E-state index contributed by atoms with van der Waals surface area (Å²) in [5.41, 5.74) is 1.45. The van der Waals surface area contributed by atoms with Gasteiger partial charge in [0.1, 0.15) is 5.57 Å². The molecule has 0 unspecified atom stereocenters. The third-order valence-electron chi connectivity index (χ3n) is 4.71. The van der Waals surface area contributed by atoms with E-state index < -0.39 is 17.8 Å². The average molecular weight is 414 g/mol. The van der Waals surface area contributed by atoms with Gasteiger partial charge in [-0.2, -0.15) is 0 Å². The molecular formula is C24H18N2O3S. The number of carbonyl (C=O) groups excluding carboxylic acids is 3. The molecule has 30 heavy (non-hydrogen) atoms. The van der Waals surface area contributed by atoms with Crippen LogP contribution in [-0.2, 0) is 9.59 Å². The molecule has 0 radical (unpaired) electrons. The molecule has 3 aromatic carbocycles. The molecule has 0 aromatic heterocycles. The molecule has 0 spiro atoms. The summed E-state index contributed by atoms with van der Waals surface area (Å²) in [6, 6.07) is 24.1. The van der Waals surface area contributed by atoms with Crippen LogP contribution in [0.5, 0.6) is 0 Å². The Balaban J connectivity index is 1.83. The summed E-state index contributed by atoms with van der Waals surface area (Å²) >= 11 is 1.60. The Morgan fingerprint density at radius 3 is 1.57 bits per heavy atom. The third kappa shape index (κ3) is 3.65. The molecule has 0 aliphatic carbocycles. The van der Waals surface area contributed by atoms with E-state index in [2.05, 4.69) is 0 Å². The Kier molecular flexibility index (Phi) is 5.50. The number of amides is 4. The maximum absolute atomic E-state index is 13.2. The predicted octanol–water partition coefficient (Wildman–Crippen LogP) is 4.99. The fraction of sp³-hybridized carbons (Fsp3) is 0.0417. The molecule has 1 aliphatic heterocycles. The van der Waals surface area contributed by atoms with E-state index in [1.807, 2.05) is 30.5 Å². The molecule has 3 aromatic rings. The second kappa shape index (κ2) is 8.39. The Morgan fingerprint density at radius 2 is 1.13 bits per heavy atom. The highest BCUT2D eigenvalue weighted by atomic mass is 32.2. The van der Waals surface area contributed by atoms with Crippen LogP contribution in [0.3, 0.4) is 0 Å². The van der Waals surface area contributed by atoms with Gasteiger partial charge in [-0.05, 0) is 54.3 Å². The van der Waals surface area contributed by atoms with Crippen LogP contribution in [0.4, 0.5) is 16.2 Å². The van der Waals surface area contributed by atoms with Gasteiger partial charge in [0.05, 0.1) is 11.4 Å². The molecule has 0 N–H and O–H groups in total. The van der Waals surface area contributed by atoms with Crippen LogP contribution >= 0.6 is 11.8 Å². The summed E-state index contributed by atoms with van der Waals surface area (Å²) in [6.07, 6.45) is 3.51. The fourth-order valence-electron chi connectivity index (χ4n) is 3.21. The van der Waals surface area contributed by atoms with Crippen LogP contribution in [0.25, 0.3) is 6.08 Å².